The van der Waals surface area contributed by atoms with Gasteiger partial charge >= 0.3 is 0 Å². The Bertz CT molecular complexity index is 90.6. The molecule has 2 unspecified atom stereocenters. The summed E-state index contributed by atoms with van der Waals surface area (Å²) in [5.74, 6) is 1.68. The molecule has 0 bridgehead atoms. The second-order valence-electron chi connectivity index (χ2n) is 3.62. The van der Waals surface area contributed by atoms with E-state index in [1.54, 1.807) is 0 Å². The first-order valence-electron chi connectivity index (χ1n) is 5.89. The smallest absolute Gasteiger partial charge is 0.0262 e. The fourth-order valence-electron chi connectivity index (χ4n) is 1.10. The zero-order chi connectivity index (χ0) is 10.7. The molecule has 0 aromatic carbocycles. The van der Waals surface area contributed by atoms with E-state index >= 15 is 0 Å². The Kier molecular flexibility index (Phi) is 13.7. The van der Waals surface area contributed by atoms with Crippen molar-refractivity contribution >= 4 is 0 Å². The first-order valence-corrected chi connectivity index (χ1v) is 5.89. The normalized spacial score (nSPS) is 25.1. The summed E-state index contributed by atoms with van der Waals surface area (Å²) in [6, 6.07) is 0. The van der Waals surface area contributed by atoms with Crippen LogP contribution in [0.25, 0.3) is 0 Å². The predicted molar refractivity (Wildman–Crippen MR) is 64.0 cm³/mol. The number of rotatable bonds is 0. The summed E-state index contributed by atoms with van der Waals surface area (Å²) in [4.78, 5) is 0. The van der Waals surface area contributed by atoms with Crippen LogP contribution in [0.4, 0.5) is 0 Å². The van der Waals surface area contributed by atoms with Crippen LogP contribution in [-0.4, -0.2) is 0 Å². The van der Waals surface area contributed by atoms with E-state index in [4.69, 9.17) is 0 Å². The molecule has 1 aliphatic rings. The summed E-state index contributed by atoms with van der Waals surface area (Å²) in [5.41, 5.74) is 0. The summed E-state index contributed by atoms with van der Waals surface area (Å²) in [6.45, 7) is 12.8. The molecule has 0 heteroatoms. The van der Waals surface area contributed by atoms with Crippen LogP contribution in [0, 0.1) is 11.8 Å². The van der Waals surface area contributed by atoms with Crippen LogP contribution in [0.3, 0.4) is 0 Å². The molecule has 0 aromatic heterocycles. The average Bonchev–Trinajstić information content (AvgIpc) is 2.15. The number of hydrogen-bond donors (Lipinski definition) is 0. The molecule has 0 aromatic rings. The highest BCUT2D eigenvalue weighted by molar-refractivity contribution is 4.94. The van der Waals surface area contributed by atoms with Gasteiger partial charge in [-0.1, -0.05) is 60.1 Å². The molecule has 0 nitrogen and oxygen atoms in total. The predicted octanol–water partition coefficient (Wildman–Crippen LogP) is 5.05. The van der Waals surface area contributed by atoms with E-state index in [0.29, 0.717) is 0 Å². The minimum absolute atomic E-state index is 0.839. The lowest BCUT2D eigenvalue weighted by molar-refractivity contribution is 0.502. The maximum absolute atomic E-state index is 2.33. The summed E-state index contributed by atoms with van der Waals surface area (Å²) < 4.78 is 0. The Balaban J connectivity index is 0. The molecule has 1 aliphatic carbocycles. The van der Waals surface area contributed by atoms with Crippen LogP contribution in [-0.2, 0) is 0 Å². The highest BCUT2D eigenvalue weighted by atomic mass is 14.1. The van der Waals surface area contributed by atoms with Crippen LogP contribution in [0.5, 0.6) is 0 Å². The van der Waals surface area contributed by atoms with Crippen molar-refractivity contribution in [2.45, 2.75) is 60.8 Å². The SMILES string of the molecule is CC.CC1C=CC(C)CC1.CCC. The zero-order valence-electron chi connectivity index (χ0n) is 10.4. The third kappa shape index (κ3) is 11.7. The first-order chi connectivity index (χ1) is 6.20. The average molecular weight is 184 g/mol. The topological polar surface area (TPSA) is 0 Å². The van der Waals surface area contributed by atoms with E-state index in [1.165, 1.54) is 19.3 Å². The molecule has 1 rings (SSSR count). The van der Waals surface area contributed by atoms with Crippen molar-refractivity contribution in [2.75, 3.05) is 0 Å². The summed E-state index contributed by atoms with van der Waals surface area (Å²) in [5, 5.41) is 0. The van der Waals surface area contributed by atoms with Gasteiger partial charge < -0.3 is 0 Å². The van der Waals surface area contributed by atoms with Gasteiger partial charge in [0.25, 0.3) is 0 Å². The second kappa shape index (κ2) is 11.7. The quantitative estimate of drug-likeness (QED) is 0.462. The minimum atomic E-state index is 0.839. The monoisotopic (exact) mass is 184 g/mol. The highest BCUT2D eigenvalue weighted by Gasteiger charge is 2.06. The summed E-state index contributed by atoms with van der Waals surface area (Å²) in [6.07, 6.45) is 8.68. The highest BCUT2D eigenvalue weighted by Crippen LogP contribution is 2.20. The largest absolute Gasteiger partial charge is 0.0854 e. The molecule has 0 amide bonds. The fourth-order valence-corrected chi connectivity index (χ4v) is 1.10. The molecular formula is C13H28. The Morgan fingerprint density at radius 2 is 1.15 bits per heavy atom. The van der Waals surface area contributed by atoms with Gasteiger partial charge in [-0.3, -0.25) is 0 Å². The van der Waals surface area contributed by atoms with E-state index in [2.05, 4.69) is 39.8 Å². The minimum Gasteiger partial charge on any atom is -0.0854 e. The van der Waals surface area contributed by atoms with Crippen LogP contribution in [0.15, 0.2) is 12.2 Å². The Labute approximate surface area is 85.4 Å². The van der Waals surface area contributed by atoms with Gasteiger partial charge in [-0.15, -0.1) is 0 Å². The maximum Gasteiger partial charge on any atom is -0.0262 e. The van der Waals surface area contributed by atoms with Crippen molar-refractivity contribution in [1.29, 1.82) is 0 Å². The molecule has 80 valence electrons. The van der Waals surface area contributed by atoms with Crippen molar-refractivity contribution in [3.63, 3.8) is 0 Å². The Hall–Kier alpha value is -0.260. The van der Waals surface area contributed by atoms with Crippen LogP contribution in [0.2, 0.25) is 0 Å². The van der Waals surface area contributed by atoms with Crippen LogP contribution >= 0.6 is 0 Å². The molecule has 0 N–H and O–H groups in total. The lowest BCUT2D eigenvalue weighted by Crippen LogP contribution is -2.01. The standard InChI is InChI=1S/C8H14.C3H8.C2H6/c1-7-3-5-8(2)6-4-7;1-3-2;1-2/h3,5,7-8H,4,6H2,1-2H3;3H2,1-2H3;1-2H3. The van der Waals surface area contributed by atoms with Crippen LogP contribution < -0.4 is 0 Å². The molecule has 0 saturated carbocycles. The van der Waals surface area contributed by atoms with Gasteiger partial charge in [-0.25, -0.2) is 0 Å². The van der Waals surface area contributed by atoms with E-state index < -0.39 is 0 Å². The second-order valence-corrected chi connectivity index (χ2v) is 3.62. The van der Waals surface area contributed by atoms with E-state index in [9.17, 15) is 0 Å². The third-order valence-electron chi connectivity index (χ3n) is 1.85. The molecule has 0 saturated heterocycles. The first kappa shape index (κ1) is 15.2. The van der Waals surface area contributed by atoms with Gasteiger partial charge in [0, 0.05) is 0 Å². The Morgan fingerprint density at radius 1 is 0.923 bits per heavy atom. The molecule has 0 fully saturated rings. The zero-order valence-corrected chi connectivity index (χ0v) is 10.4. The van der Waals surface area contributed by atoms with Crippen LogP contribution in [0.1, 0.15) is 60.8 Å². The molecule has 0 radical (unpaired) electrons. The Morgan fingerprint density at radius 3 is 1.31 bits per heavy atom. The van der Waals surface area contributed by atoms with Gasteiger partial charge in [0.05, 0.1) is 0 Å². The fraction of sp³-hybridized carbons (Fsp3) is 0.846. The lowest BCUT2D eigenvalue weighted by Gasteiger charge is -2.15. The van der Waals surface area contributed by atoms with Crippen molar-refractivity contribution in [3.05, 3.63) is 12.2 Å². The number of allylic oxidation sites excluding steroid dienone is 2. The lowest BCUT2D eigenvalue weighted by atomic mass is 9.91. The molecular weight excluding hydrogens is 156 g/mol. The van der Waals surface area contributed by atoms with Gasteiger partial charge in [0.1, 0.15) is 0 Å². The van der Waals surface area contributed by atoms with E-state index in [1.807, 2.05) is 13.8 Å². The molecule has 0 heterocycles. The maximum atomic E-state index is 2.33. The summed E-state index contributed by atoms with van der Waals surface area (Å²) in [7, 11) is 0. The third-order valence-corrected chi connectivity index (χ3v) is 1.85. The van der Waals surface area contributed by atoms with Gasteiger partial charge in [0.2, 0.25) is 0 Å². The van der Waals surface area contributed by atoms with Gasteiger partial charge in [-0.2, -0.15) is 0 Å². The van der Waals surface area contributed by atoms with Gasteiger partial charge in [-0.05, 0) is 24.7 Å². The van der Waals surface area contributed by atoms with E-state index in [0.717, 1.165) is 11.8 Å². The van der Waals surface area contributed by atoms with E-state index in [-0.39, 0.29) is 0 Å². The van der Waals surface area contributed by atoms with Crippen molar-refractivity contribution in [2.24, 2.45) is 11.8 Å². The molecule has 0 aliphatic heterocycles. The molecule has 2 atom stereocenters. The summed E-state index contributed by atoms with van der Waals surface area (Å²) >= 11 is 0. The molecule has 0 spiro atoms. The van der Waals surface area contributed by atoms with Crippen molar-refractivity contribution in [3.8, 4) is 0 Å². The van der Waals surface area contributed by atoms with Gasteiger partial charge in [0.15, 0.2) is 0 Å². The molecule has 13 heavy (non-hydrogen) atoms. The van der Waals surface area contributed by atoms with Crippen molar-refractivity contribution in [1.82, 2.24) is 0 Å². The van der Waals surface area contributed by atoms with Crippen molar-refractivity contribution < 1.29 is 0 Å². The number of hydrogen-bond acceptors (Lipinski definition) is 0.